The van der Waals surface area contributed by atoms with E-state index in [9.17, 15) is 0 Å². The summed E-state index contributed by atoms with van der Waals surface area (Å²) >= 11 is 0. The van der Waals surface area contributed by atoms with Gasteiger partial charge in [-0.1, -0.05) is 124 Å². The molecule has 2 atom stereocenters. The summed E-state index contributed by atoms with van der Waals surface area (Å²) in [5.41, 5.74) is 17.4. The molecule has 6 aromatic carbocycles. The van der Waals surface area contributed by atoms with Crippen LogP contribution in [0, 0.1) is 0 Å². The average molecular weight is 837 g/mol. The Labute approximate surface area is 366 Å². The van der Waals surface area contributed by atoms with Gasteiger partial charge in [-0.15, -0.1) is 0 Å². The summed E-state index contributed by atoms with van der Waals surface area (Å²) in [6.07, 6.45) is 7.71. The topological polar surface area (TPSA) is 35.6 Å². The van der Waals surface area contributed by atoms with Gasteiger partial charge in [0.2, 0.25) is 0 Å². The third-order valence-electron chi connectivity index (χ3n) is 13.8. The van der Waals surface area contributed by atoms with E-state index in [4.69, 9.17) is 0 Å². The van der Waals surface area contributed by atoms with Gasteiger partial charge in [0.1, 0.15) is 0 Å². The first kappa shape index (κ1) is 38.6. The van der Waals surface area contributed by atoms with Gasteiger partial charge in [-0.25, -0.2) is 0 Å². The van der Waals surface area contributed by atoms with Crippen LogP contribution in [0.2, 0.25) is 39.3 Å². The van der Waals surface area contributed by atoms with Gasteiger partial charge >= 0.3 is 0 Å². The highest BCUT2D eigenvalue weighted by Gasteiger charge is 2.31. The molecule has 1 aliphatic rings. The Morgan fingerprint density at radius 1 is 0.403 bits per heavy atom. The fraction of sp³-hybridized carbons (Fsp3) is 0.179. The quantitative estimate of drug-likeness (QED) is 0.156. The number of hydrogen-bond donors (Lipinski definition) is 0. The molecule has 0 aliphatic heterocycles. The van der Waals surface area contributed by atoms with Crippen LogP contribution in [0.25, 0.3) is 88.4 Å². The van der Waals surface area contributed by atoms with E-state index in [2.05, 4.69) is 194 Å². The van der Waals surface area contributed by atoms with Gasteiger partial charge in [0.05, 0.1) is 62.0 Å². The Balaban J connectivity index is 1.16. The first-order chi connectivity index (χ1) is 29.8. The first-order valence-electron chi connectivity index (χ1n) is 22.1. The van der Waals surface area contributed by atoms with E-state index in [1.165, 1.54) is 98.5 Å². The second kappa shape index (κ2) is 14.1. The number of fused-ring (bicyclic) bond motifs is 9. The standard InChI is InChI=1S/C56H52N4Si2/c1-35-36(2)46-30-52-50-28-40(38-14-10-18-44(26-38)62(6,7)8)20-22-54(50)60(42-16-12-24-58-34-42)56(52)32-48(46)47-31-55-51(29-45(35)47)49-27-39(37-13-9-17-43(25-37)61(3,4)5)19-21-53(49)59(55)41-15-11-23-57-33-41/h9-36H,1-8H3. The van der Waals surface area contributed by atoms with Crippen LogP contribution in [0.3, 0.4) is 0 Å². The van der Waals surface area contributed by atoms with Crippen LogP contribution >= 0.6 is 0 Å². The molecule has 4 heterocycles. The van der Waals surface area contributed by atoms with Gasteiger partial charge in [0.25, 0.3) is 0 Å². The zero-order valence-corrected chi connectivity index (χ0v) is 39.0. The summed E-state index contributed by atoms with van der Waals surface area (Å²) in [5.74, 6) is 0.638. The summed E-state index contributed by atoms with van der Waals surface area (Å²) in [7, 11) is -2.97. The fourth-order valence-electron chi connectivity index (χ4n) is 10.1. The Morgan fingerprint density at radius 3 is 1.19 bits per heavy atom. The average Bonchev–Trinajstić information content (AvgIpc) is 3.78. The van der Waals surface area contributed by atoms with Gasteiger partial charge in [-0.05, 0) is 129 Å². The molecule has 0 spiro atoms. The highest BCUT2D eigenvalue weighted by Crippen LogP contribution is 2.51. The van der Waals surface area contributed by atoms with Gasteiger partial charge in [-0.2, -0.15) is 0 Å². The molecule has 1 aliphatic carbocycles. The van der Waals surface area contributed by atoms with Crippen LogP contribution in [0.15, 0.2) is 158 Å². The van der Waals surface area contributed by atoms with E-state index >= 15 is 0 Å². The van der Waals surface area contributed by atoms with Crippen molar-refractivity contribution in [2.45, 2.75) is 65.0 Å². The molecule has 10 aromatic rings. The predicted molar refractivity (Wildman–Crippen MR) is 270 cm³/mol. The minimum atomic E-state index is -1.48. The third-order valence-corrected chi connectivity index (χ3v) is 17.9. The molecular weight excluding hydrogens is 785 g/mol. The molecule has 6 heteroatoms. The molecule has 2 unspecified atom stereocenters. The van der Waals surface area contributed by atoms with Crippen molar-refractivity contribution < 1.29 is 0 Å². The SMILES string of the molecule is CC1c2cc3c4cc(-c5cccc([Si](C)(C)C)c5)ccc4n(-c4cccnc4)c3cc2-c2cc3c(cc2C1C)c1cc(-c2cccc([Si](C)(C)C)c2)ccc1n3-c1cccnc1. The molecular formula is C56H52N4Si2. The van der Waals surface area contributed by atoms with Crippen molar-refractivity contribution in [3.63, 3.8) is 0 Å². The Bertz CT molecular complexity index is 3170. The number of aromatic nitrogens is 4. The zero-order chi connectivity index (χ0) is 42.7. The number of nitrogens with zero attached hydrogens (tertiary/aromatic N) is 4. The minimum Gasteiger partial charge on any atom is -0.308 e. The maximum atomic E-state index is 4.61. The second-order valence-electron chi connectivity index (χ2n) is 19.7. The van der Waals surface area contributed by atoms with Crippen LogP contribution in [0.1, 0.15) is 36.8 Å². The summed E-state index contributed by atoms with van der Waals surface area (Å²) in [5, 5.41) is 8.06. The highest BCUT2D eigenvalue weighted by atomic mass is 28.3. The molecule has 4 aromatic heterocycles. The van der Waals surface area contributed by atoms with Crippen molar-refractivity contribution >= 4 is 70.1 Å². The van der Waals surface area contributed by atoms with Crippen molar-refractivity contribution in [1.29, 1.82) is 0 Å². The van der Waals surface area contributed by atoms with Gasteiger partial charge in [0.15, 0.2) is 0 Å². The van der Waals surface area contributed by atoms with Crippen LogP contribution < -0.4 is 10.4 Å². The molecule has 304 valence electrons. The van der Waals surface area contributed by atoms with E-state index in [0.29, 0.717) is 11.8 Å². The van der Waals surface area contributed by atoms with E-state index in [1.807, 2.05) is 36.9 Å². The molecule has 11 rings (SSSR count). The normalized spacial score (nSPS) is 15.4. The van der Waals surface area contributed by atoms with Crippen LogP contribution in [-0.4, -0.2) is 35.2 Å². The number of hydrogen-bond acceptors (Lipinski definition) is 2. The van der Waals surface area contributed by atoms with Crippen molar-refractivity contribution in [1.82, 2.24) is 19.1 Å². The molecule has 0 saturated carbocycles. The van der Waals surface area contributed by atoms with Crippen molar-refractivity contribution in [3.8, 4) is 44.8 Å². The van der Waals surface area contributed by atoms with E-state index in [1.54, 1.807) is 0 Å². The van der Waals surface area contributed by atoms with Crippen molar-refractivity contribution in [2.24, 2.45) is 0 Å². The summed E-state index contributed by atoms with van der Waals surface area (Å²) in [4.78, 5) is 9.22. The van der Waals surface area contributed by atoms with Crippen LogP contribution in [-0.2, 0) is 0 Å². The summed E-state index contributed by atoms with van der Waals surface area (Å²) in [6.45, 7) is 19.4. The van der Waals surface area contributed by atoms with E-state index in [0.717, 1.165) is 11.4 Å². The number of benzene rings is 6. The fourth-order valence-corrected chi connectivity index (χ4v) is 12.5. The van der Waals surface area contributed by atoms with E-state index < -0.39 is 16.1 Å². The predicted octanol–water partition coefficient (Wildman–Crippen LogP) is 14.0. The molecule has 0 saturated heterocycles. The smallest absolute Gasteiger partial charge is 0.0776 e. The lowest BCUT2D eigenvalue weighted by atomic mass is 9.72. The van der Waals surface area contributed by atoms with Crippen molar-refractivity contribution in [3.05, 3.63) is 169 Å². The number of pyridine rings is 2. The Kier molecular flexibility index (Phi) is 8.77. The third kappa shape index (κ3) is 6.14. The summed E-state index contributed by atoms with van der Waals surface area (Å²) < 4.78 is 4.85. The van der Waals surface area contributed by atoms with Gasteiger partial charge < -0.3 is 9.13 Å². The Morgan fingerprint density at radius 2 is 0.806 bits per heavy atom. The lowest BCUT2D eigenvalue weighted by Gasteiger charge is -2.32. The lowest BCUT2D eigenvalue weighted by Crippen LogP contribution is -2.37. The van der Waals surface area contributed by atoms with E-state index in [-0.39, 0.29) is 0 Å². The van der Waals surface area contributed by atoms with Crippen molar-refractivity contribution in [2.75, 3.05) is 0 Å². The minimum absolute atomic E-state index is 0.319. The Hall–Kier alpha value is -6.35. The maximum absolute atomic E-state index is 4.61. The van der Waals surface area contributed by atoms with Crippen LogP contribution in [0.4, 0.5) is 0 Å². The summed E-state index contributed by atoms with van der Waals surface area (Å²) in [6, 6.07) is 51.1. The maximum Gasteiger partial charge on any atom is 0.0776 e. The molecule has 0 amide bonds. The van der Waals surface area contributed by atoms with Gasteiger partial charge in [-0.3, -0.25) is 9.97 Å². The molecule has 0 fully saturated rings. The molecule has 62 heavy (non-hydrogen) atoms. The zero-order valence-electron chi connectivity index (χ0n) is 37.0. The lowest BCUT2D eigenvalue weighted by molar-refractivity contribution is 0.617. The first-order valence-corrected chi connectivity index (χ1v) is 29.1. The second-order valence-corrected chi connectivity index (χ2v) is 29.9. The molecule has 0 bridgehead atoms. The number of rotatable bonds is 6. The monoisotopic (exact) mass is 836 g/mol. The molecule has 0 radical (unpaired) electrons. The van der Waals surface area contributed by atoms with Crippen LogP contribution in [0.5, 0.6) is 0 Å². The molecule has 4 nitrogen and oxygen atoms in total. The molecule has 0 N–H and O–H groups in total. The highest BCUT2D eigenvalue weighted by molar-refractivity contribution is 6.89. The largest absolute Gasteiger partial charge is 0.308 e. The van der Waals surface area contributed by atoms with Gasteiger partial charge in [0, 0.05) is 33.9 Å².